The minimum Gasteiger partial charge on any atom is -0.303 e. The molecule has 2 aromatic rings. The number of nitrogens with one attached hydrogen (secondary N) is 1. The summed E-state index contributed by atoms with van der Waals surface area (Å²) in [4.78, 5) is 4.15. The molecule has 0 bridgehead atoms. The van der Waals surface area contributed by atoms with Crippen molar-refractivity contribution in [1.82, 2.24) is 10.3 Å². The minimum atomic E-state index is 0.264. The van der Waals surface area contributed by atoms with Crippen LogP contribution in [-0.2, 0) is 0 Å². The van der Waals surface area contributed by atoms with E-state index in [0.29, 0.717) is 6.04 Å². The van der Waals surface area contributed by atoms with Gasteiger partial charge < -0.3 is 5.32 Å². The molecule has 1 saturated carbocycles. The summed E-state index contributed by atoms with van der Waals surface area (Å²) in [5, 5.41) is 4.69. The first-order valence-corrected chi connectivity index (χ1v) is 8.89. The van der Waals surface area contributed by atoms with E-state index in [9.17, 15) is 0 Å². The SMILES string of the molecule is CSC1CCC(NC(c2ccccc2)c2ccncc2)C1. The monoisotopic (exact) mass is 298 g/mol. The lowest BCUT2D eigenvalue weighted by molar-refractivity contribution is 0.479. The zero-order valence-corrected chi connectivity index (χ0v) is 13.2. The van der Waals surface area contributed by atoms with Gasteiger partial charge >= 0.3 is 0 Å². The Morgan fingerprint density at radius 1 is 1.05 bits per heavy atom. The molecule has 1 fully saturated rings. The molecule has 1 N–H and O–H groups in total. The summed E-state index contributed by atoms with van der Waals surface area (Å²) in [6.45, 7) is 0. The Hall–Kier alpha value is -1.32. The molecule has 1 aliphatic carbocycles. The van der Waals surface area contributed by atoms with Gasteiger partial charge in [0.2, 0.25) is 0 Å². The third-order valence-electron chi connectivity index (χ3n) is 4.29. The molecule has 1 aromatic heterocycles. The van der Waals surface area contributed by atoms with Gasteiger partial charge in [-0.05, 0) is 48.8 Å². The van der Waals surface area contributed by atoms with Crippen LogP contribution in [0, 0.1) is 0 Å². The number of nitrogens with zero attached hydrogens (tertiary/aromatic N) is 1. The summed E-state index contributed by atoms with van der Waals surface area (Å²) in [5.41, 5.74) is 2.63. The lowest BCUT2D eigenvalue weighted by Crippen LogP contribution is -2.31. The minimum absolute atomic E-state index is 0.264. The highest BCUT2D eigenvalue weighted by Gasteiger charge is 2.26. The molecule has 3 rings (SSSR count). The molecule has 0 spiro atoms. The Morgan fingerprint density at radius 3 is 2.43 bits per heavy atom. The van der Waals surface area contributed by atoms with Crippen LogP contribution in [0.1, 0.15) is 36.4 Å². The van der Waals surface area contributed by atoms with Gasteiger partial charge in [0.15, 0.2) is 0 Å². The zero-order valence-electron chi connectivity index (χ0n) is 12.4. The van der Waals surface area contributed by atoms with Crippen LogP contribution in [0.25, 0.3) is 0 Å². The van der Waals surface area contributed by atoms with Crippen molar-refractivity contribution < 1.29 is 0 Å². The predicted octanol–water partition coefficient (Wildman–Crippen LogP) is 4.04. The highest BCUT2D eigenvalue weighted by Crippen LogP contribution is 2.31. The molecule has 1 aliphatic rings. The second-order valence-electron chi connectivity index (χ2n) is 5.66. The lowest BCUT2D eigenvalue weighted by Gasteiger charge is -2.24. The third-order valence-corrected chi connectivity index (χ3v) is 5.39. The highest BCUT2D eigenvalue weighted by molar-refractivity contribution is 7.99. The van der Waals surface area contributed by atoms with Crippen molar-refractivity contribution >= 4 is 11.8 Å². The van der Waals surface area contributed by atoms with Gasteiger partial charge in [0.25, 0.3) is 0 Å². The molecular formula is C18H22N2S. The van der Waals surface area contributed by atoms with E-state index in [0.717, 1.165) is 5.25 Å². The maximum Gasteiger partial charge on any atom is 0.0579 e. The van der Waals surface area contributed by atoms with Gasteiger partial charge in [-0.1, -0.05) is 30.3 Å². The molecule has 0 amide bonds. The molecule has 0 radical (unpaired) electrons. The van der Waals surface area contributed by atoms with E-state index in [2.05, 4.69) is 59.0 Å². The van der Waals surface area contributed by atoms with E-state index in [4.69, 9.17) is 0 Å². The molecule has 1 heterocycles. The lowest BCUT2D eigenvalue weighted by atomic mass is 9.98. The predicted molar refractivity (Wildman–Crippen MR) is 90.6 cm³/mol. The van der Waals surface area contributed by atoms with Gasteiger partial charge in [-0.25, -0.2) is 0 Å². The second-order valence-corrected chi connectivity index (χ2v) is 6.80. The number of hydrogen-bond acceptors (Lipinski definition) is 3. The first-order chi connectivity index (χ1) is 10.4. The first kappa shape index (κ1) is 14.6. The van der Waals surface area contributed by atoms with E-state index < -0.39 is 0 Å². The van der Waals surface area contributed by atoms with Crippen molar-refractivity contribution in [3.8, 4) is 0 Å². The zero-order chi connectivity index (χ0) is 14.5. The maximum atomic E-state index is 4.15. The van der Waals surface area contributed by atoms with Crippen molar-refractivity contribution in [2.24, 2.45) is 0 Å². The smallest absolute Gasteiger partial charge is 0.0579 e. The van der Waals surface area contributed by atoms with E-state index in [1.807, 2.05) is 24.2 Å². The molecule has 1 aromatic carbocycles. The van der Waals surface area contributed by atoms with Crippen molar-refractivity contribution in [2.75, 3.05) is 6.26 Å². The molecule has 110 valence electrons. The first-order valence-electron chi connectivity index (χ1n) is 7.60. The van der Waals surface area contributed by atoms with Crippen molar-refractivity contribution in [2.45, 2.75) is 36.6 Å². The van der Waals surface area contributed by atoms with E-state index in [-0.39, 0.29) is 6.04 Å². The van der Waals surface area contributed by atoms with Crippen molar-refractivity contribution in [3.05, 3.63) is 66.0 Å². The van der Waals surface area contributed by atoms with Crippen LogP contribution in [0.5, 0.6) is 0 Å². The normalized spacial score (nSPS) is 23.1. The molecule has 21 heavy (non-hydrogen) atoms. The molecule has 3 atom stereocenters. The molecule has 0 saturated heterocycles. The Morgan fingerprint density at radius 2 is 1.76 bits per heavy atom. The largest absolute Gasteiger partial charge is 0.303 e. The van der Waals surface area contributed by atoms with Gasteiger partial charge in [-0.3, -0.25) is 4.98 Å². The average Bonchev–Trinajstić information content (AvgIpc) is 3.02. The van der Waals surface area contributed by atoms with Crippen LogP contribution in [0.4, 0.5) is 0 Å². The van der Waals surface area contributed by atoms with Gasteiger partial charge in [0.05, 0.1) is 6.04 Å². The molecule has 3 heteroatoms. The van der Waals surface area contributed by atoms with Gasteiger partial charge in [-0.15, -0.1) is 0 Å². The van der Waals surface area contributed by atoms with Crippen molar-refractivity contribution in [3.63, 3.8) is 0 Å². The van der Waals surface area contributed by atoms with E-state index in [1.54, 1.807) is 0 Å². The Balaban J connectivity index is 1.80. The fraction of sp³-hybridized carbons (Fsp3) is 0.389. The molecule has 3 unspecified atom stereocenters. The number of hydrogen-bond donors (Lipinski definition) is 1. The molecular weight excluding hydrogens is 276 g/mol. The number of rotatable bonds is 5. The topological polar surface area (TPSA) is 24.9 Å². The van der Waals surface area contributed by atoms with Crippen LogP contribution < -0.4 is 5.32 Å². The van der Waals surface area contributed by atoms with Gasteiger partial charge in [0, 0.05) is 23.7 Å². The quantitative estimate of drug-likeness (QED) is 0.901. The summed E-state index contributed by atoms with van der Waals surface area (Å²) < 4.78 is 0. The summed E-state index contributed by atoms with van der Waals surface area (Å²) in [6, 6.07) is 15.8. The standard InChI is InChI=1S/C18H22N2S/c1-21-17-8-7-16(13-17)20-18(14-5-3-2-4-6-14)15-9-11-19-12-10-15/h2-6,9-12,16-18,20H,7-8,13H2,1H3. The van der Waals surface area contributed by atoms with Crippen LogP contribution in [0.2, 0.25) is 0 Å². The Labute approximate surface area is 131 Å². The molecule has 2 nitrogen and oxygen atoms in total. The van der Waals surface area contributed by atoms with E-state index >= 15 is 0 Å². The van der Waals surface area contributed by atoms with Gasteiger partial charge in [-0.2, -0.15) is 11.8 Å². The highest BCUT2D eigenvalue weighted by atomic mass is 32.2. The third kappa shape index (κ3) is 3.66. The fourth-order valence-corrected chi connectivity index (χ4v) is 3.92. The summed E-state index contributed by atoms with van der Waals surface area (Å²) >= 11 is 2.00. The van der Waals surface area contributed by atoms with E-state index in [1.165, 1.54) is 30.4 Å². The summed E-state index contributed by atoms with van der Waals surface area (Å²) in [7, 11) is 0. The van der Waals surface area contributed by atoms with Crippen LogP contribution >= 0.6 is 11.8 Å². The molecule has 0 aliphatic heterocycles. The van der Waals surface area contributed by atoms with Crippen molar-refractivity contribution in [1.29, 1.82) is 0 Å². The van der Waals surface area contributed by atoms with Crippen LogP contribution in [-0.4, -0.2) is 22.5 Å². The summed E-state index contributed by atoms with van der Waals surface area (Å²) in [6.07, 6.45) is 9.87. The number of benzene rings is 1. The number of thioether (sulfide) groups is 1. The fourth-order valence-electron chi connectivity index (χ4n) is 3.13. The Kier molecular flexibility index (Phi) is 4.94. The number of aromatic nitrogens is 1. The number of pyridine rings is 1. The Bertz CT molecular complexity index is 504. The summed E-state index contributed by atoms with van der Waals surface area (Å²) in [5.74, 6) is 0. The average molecular weight is 298 g/mol. The maximum absolute atomic E-state index is 4.15. The van der Waals surface area contributed by atoms with Crippen LogP contribution in [0.3, 0.4) is 0 Å². The van der Waals surface area contributed by atoms with Gasteiger partial charge in [0.1, 0.15) is 0 Å². The van der Waals surface area contributed by atoms with Crippen LogP contribution in [0.15, 0.2) is 54.9 Å². The second kappa shape index (κ2) is 7.10.